The van der Waals surface area contributed by atoms with E-state index in [0.717, 1.165) is 5.52 Å². The van der Waals surface area contributed by atoms with Gasteiger partial charge in [0, 0.05) is 6.07 Å². The highest BCUT2D eigenvalue weighted by Crippen LogP contribution is 2.15. The van der Waals surface area contributed by atoms with Crippen molar-refractivity contribution in [1.82, 2.24) is 0 Å². The van der Waals surface area contributed by atoms with Crippen LogP contribution in [0.25, 0.3) is 11.1 Å². The lowest BCUT2D eigenvalue weighted by molar-refractivity contribution is -0.700. The van der Waals surface area contributed by atoms with Crippen LogP contribution >= 0.6 is 0 Å². The number of nitrogens with zero attached hydrogens (tertiary/aromatic N) is 1. The number of carbonyl (C=O) groups excluding carboxylic acids is 1. The van der Waals surface area contributed by atoms with E-state index in [9.17, 15) is 9.90 Å². The summed E-state index contributed by atoms with van der Waals surface area (Å²) in [6, 6.07) is 7.22. The summed E-state index contributed by atoms with van der Waals surface area (Å²) >= 11 is 0. The van der Waals surface area contributed by atoms with Crippen LogP contribution in [0.4, 0.5) is 0 Å². The van der Waals surface area contributed by atoms with Gasteiger partial charge < -0.3 is 14.3 Å². The molecule has 2 rings (SSSR count). The smallest absolute Gasteiger partial charge is 0.398 e. The van der Waals surface area contributed by atoms with Gasteiger partial charge in [-0.25, -0.2) is 0 Å². The van der Waals surface area contributed by atoms with E-state index in [4.69, 9.17) is 4.42 Å². The summed E-state index contributed by atoms with van der Waals surface area (Å²) in [7, 11) is 0. The van der Waals surface area contributed by atoms with Crippen LogP contribution in [-0.2, 0) is 0 Å². The number of fused-ring (bicyclic) bond motifs is 1. The molecule has 15 heavy (non-hydrogen) atoms. The van der Waals surface area contributed by atoms with Gasteiger partial charge in [-0.3, -0.25) is 0 Å². The van der Waals surface area contributed by atoms with E-state index in [1.807, 2.05) is 26.0 Å². The van der Waals surface area contributed by atoms with Gasteiger partial charge in [0.15, 0.2) is 12.0 Å². The van der Waals surface area contributed by atoms with Crippen molar-refractivity contribution in [2.24, 2.45) is 0 Å². The normalized spacial score (nSPS) is 11.1. The Bertz CT molecular complexity index is 514. The number of oxazole rings is 1. The maximum atomic E-state index is 10.9. The minimum atomic E-state index is -1.29. The van der Waals surface area contributed by atoms with Crippen LogP contribution in [0.2, 0.25) is 0 Å². The SMILES string of the molecule is CC(C)[n+]1c(C(=O)[O-])oc2ccccc21. The number of benzene rings is 1. The van der Waals surface area contributed by atoms with E-state index in [-0.39, 0.29) is 11.9 Å². The number of aromatic carboxylic acids is 1. The van der Waals surface area contributed by atoms with Gasteiger partial charge in [-0.2, -0.15) is 4.57 Å². The predicted octanol–water partition coefficient (Wildman–Crippen LogP) is 0.665. The minimum Gasteiger partial charge on any atom is -0.537 e. The molecule has 0 saturated carbocycles. The van der Waals surface area contributed by atoms with E-state index in [0.29, 0.717) is 5.58 Å². The maximum Gasteiger partial charge on any atom is 0.398 e. The minimum absolute atomic E-state index is 0.0153. The second-order valence-electron chi connectivity index (χ2n) is 3.63. The monoisotopic (exact) mass is 205 g/mol. The van der Waals surface area contributed by atoms with Gasteiger partial charge in [0.25, 0.3) is 5.52 Å². The Labute approximate surface area is 86.8 Å². The lowest BCUT2D eigenvalue weighted by Gasteiger charge is -2.00. The summed E-state index contributed by atoms with van der Waals surface area (Å²) in [5.41, 5.74) is 1.33. The van der Waals surface area contributed by atoms with Crippen LogP contribution in [0.1, 0.15) is 30.6 Å². The Morgan fingerprint density at radius 1 is 1.40 bits per heavy atom. The second kappa shape index (κ2) is 3.38. The lowest BCUT2D eigenvalue weighted by Crippen LogP contribution is -2.44. The molecule has 1 heterocycles. The molecule has 1 aromatic heterocycles. The van der Waals surface area contributed by atoms with Crippen molar-refractivity contribution in [2.75, 3.05) is 0 Å². The Hall–Kier alpha value is -1.84. The van der Waals surface area contributed by atoms with Crippen molar-refractivity contribution in [2.45, 2.75) is 19.9 Å². The molecule has 0 atom stereocenters. The molecule has 0 aliphatic rings. The topological polar surface area (TPSA) is 57.1 Å². The molecule has 0 fully saturated rings. The molecular weight excluding hydrogens is 194 g/mol. The largest absolute Gasteiger partial charge is 0.537 e. The van der Waals surface area contributed by atoms with E-state index >= 15 is 0 Å². The molecule has 0 N–H and O–H groups in total. The number of carbonyl (C=O) groups is 1. The molecular formula is C11H11NO3. The van der Waals surface area contributed by atoms with Crippen LogP contribution in [0.5, 0.6) is 0 Å². The summed E-state index contributed by atoms with van der Waals surface area (Å²) in [5.74, 6) is -1.42. The third kappa shape index (κ3) is 1.48. The molecule has 4 nitrogen and oxygen atoms in total. The first-order valence-electron chi connectivity index (χ1n) is 4.75. The van der Waals surface area contributed by atoms with E-state index in [2.05, 4.69) is 0 Å². The number of aromatic nitrogens is 1. The standard InChI is InChI=1S/C11H11NO3/c1-7(2)12-8-5-3-4-6-9(8)15-10(12)11(13)14/h3-7H,1-2H3. The summed E-state index contributed by atoms with van der Waals surface area (Å²) in [4.78, 5) is 10.9. The number of rotatable bonds is 2. The van der Waals surface area contributed by atoms with Gasteiger partial charge in [-0.1, -0.05) is 12.1 Å². The number of para-hydroxylation sites is 2. The molecule has 0 saturated heterocycles. The molecule has 0 unspecified atom stereocenters. The summed E-state index contributed by atoms with van der Waals surface area (Å²) in [6.45, 7) is 3.79. The van der Waals surface area contributed by atoms with Crippen LogP contribution in [0, 0.1) is 0 Å². The molecule has 0 aliphatic heterocycles. The second-order valence-corrected chi connectivity index (χ2v) is 3.63. The van der Waals surface area contributed by atoms with Crippen molar-refractivity contribution in [3.8, 4) is 0 Å². The first kappa shape index (κ1) is 9.71. The Morgan fingerprint density at radius 3 is 2.67 bits per heavy atom. The van der Waals surface area contributed by atoms with Crippen molar-refractivity contribution in [3.63, 3.8) is 0 Å². The first-order valence-corrected chi connectivity index (χ1v) is 4.75. The molecule has 4 heteroatoms. The van der Waals surface area contributed by atoms with Gasteiger partial charge >= 0.3 is 5.89 Å². The third-order valence-corrected chi connectivity index (χ3v) is 2.24. The molecule has 0 bridgehead atoms. The van der Waals surface area contributed by atoms with Crippen molar-refractivity contribution in [3.05, 3.63) is 30.2 Å². The lowest BCUT2D eigenvalue weighted by atomic mass is 10.3. The molecule has 0 radical (unpaired) electrons. The van der Waals surface area contributed by atoms with Gasteiger partial charge in [0.2, 0.25) is 5.58 Å². The number of carboxylic acid groups (broad SMARTS) is 1. The molecule has 0 amide bonds. The van der Waals surface area contributed by atoms with Crippen molar-refractivity contribution >= 4 is 17.1 Å². The highest BCUT2D eigenvalue weighted by atomic mass is 16.4. The van der Waals surface area contributed by atoms with Crippen molar-refractivity contribution < 1.29 is 18.9 Å². The summed E-state index contributed by atoms with van der Waals surface area (Å²) < 4.78 is 6.84. The number of carboxylic acids is 1. The third-order valence-electron chi connectivity index (χ3n) is 2.24. The van der Waals surface area contributed by atoms with Crippen LogP contribution in [0.3, 0.4) is 0 Å². The van der Waals surface area contributed by atoms with E-state index < -0.39 is 5.97 Å². The van der Waals surface area contributed by atoms with Crippen LogP contribution in [-0.4, -0.2) is 5.97 Å². The Kier molecular flexibility index (Phi) is 2.19. The van der Waals surface area contributed by atoms with Crippen LogP contribution in [0.15, 0.2) is 28.7 Å². The van der Waals surface area contributed by atoms with Gasteiger partial charge in [-0.05, 0) is 19.9 Å². The average Bonchev–Trinajstić information content (AvgIpc) is 2.56. The van der Waals surface area contributed by atoms with Crippen LogP contribution < -0.4 is 9.67 Å². The quantitative estimate of drug-likeness (QED) is 0.677. The van der Waals surface area contributed by atoms with E-state index in [1.54, 1.807) is 16.7 Å². The predicted molar refractivity (Wildman–Crippen MR) is 51.1 cm³/mol. The highest BCUT2D eigenvalue weighted by Gasteiger charge is 2.25. The molecule has 1 aromatic carbocycles. The highest BCUT2D eigenvalue weighted by molar-refractivity contribution is 5.81. The molecule has 78 valence electrons. The number of hydrogen-bond donors (Lipinski definition) is 0. The zero-order valence-corrected chi connectivity index (χ0v) is 8.56. The van der Waals surface area contributed by atoms with Gasteiger partial charge in [0.1, 0.15) is 0 Å². The molecule has 2 aromatic rings. The summed E-state index contributed by atoms with van der Waals surface area (Å²) in [6.07, 6.45) is 0. The zero-order chi connectivity index (χ0) is 11.0. The maximum absolute atomic E-state index is 10.9. The van der Waals surface area contributed by atoms with Gasteiger partial charge in [-0.15, -0.1) is 0 Å². The molecule has 0 spiro atoms. The zero-order valence-electron chi connectivity index (χ0n) is 8.56. The van der Waals surface area contributed by atoms with E-state index in [1.165, 1.54) is 0 Å². The fourth-order valence-corrected chi connectivity index (χ4v) is 1.66. The fourth-order valence-electron chi connectivity index (χ4n) is 1.66. The Morgan fingerprint density at radius 2 is 2.07 bits per heavy atom. The average molecular weight is 205 g/mol. The summed E-state index contributed by atoms with van der Waals surface area (Å²) in [5, 5.41) is 10.9. The van der Waals surface area contributed by atoms with Crippen molar-refractivity contribution in [1.29, 1.82) is 0 Å². The fraction of sp³-hybridized carbons (Fsp3) is 0.273. The Balaban J connectivity index is 2.80. The number of hydrogen-bond acceptors (Lipinski definition) is 3. The molecule has 0 aliphatic carbocycles. The van der Waals surface area contributed by atoms with Gasteiger partial charge in [0.05, 0.1) is 0 Å². The first-order chi connectivity index (χ1) is 7.11.